The maximum absolute atomic E-state index is 11.6. The lowest BCUT2D eigenvalue weighted by molar-refractivity contribution is -0.220. The number of benzene rings is 7. The minimum atomic E-state index is -2.46. The van der Waals surface area contributed by atoms with E-state index in [1.807, 2.05) is 71.4 Å². The second-order valence-corrected chi connectivity index (χ2v) is 13.7. The van der Waals surface area contributed by atoms with Crippen LogP contribution in [-0.4, -0.2) is 43.4 Å². The molecule has 52 heavy (non-hydrogen) atoms. The van der Waals surface area contributed by atoms with Crippen molar-refractivity contribution < 1.29 is 15.3 Å². The lowest BCUT2D eigenvalue weighted by Gasteiger charge is -2.34. The van der Waals surface area contributed by atoms with Crippen LogP contribution in [0.25, 0.3) is 82.5 Å². The van der Waals surface area contributed by atoms with Crippen LogP contribution in [0.15, 0.2) is 158 Å². The predicted octanol–water partition coefficient (Wildman–Crippen LogP) is 8.36. The summed E-state index contributed by atoms with van der Waals surface area (Å²) >= 11 is 0. The van der Waals surface area contributed by atoms with Crippen molar-refractivity contribution in [2.75, 3.05) is 0 Å². The molecule has 0 aliphatic heterocycles. The Labute approximate surface area is 301 Å². The van der Waals surface area contributed by atoms with E-state index in [4.69, 9.17) is 4.98 Å². The van der Waals surface area contributed by atoms with Gasteiger partial charge in [0.05, 0.1) is 22.4 Å². The van der Waals surface area contributed by atoms with Crippen molar-refractivity contribution >= 4 is 51.2 Å². The SMILES string of the molecule is BC(O)(O)C(C)(O)c1nc2ccccc2n1-c1ccc(-c2c3ccccc3c(-c3ccc(-c4ccccn4)cc3)c3ccccc23)c2ccccc12. The molecule has 0 aliphatic carbocycles. The van der Waals surface area contributed by atoms with E-state index in [2.05, 4.69) is 96.0 Å². The first kappa shape index (κ1) is 31.8. The second kappa shape index (κ2) is 12.0. The number of fused-ring (bicyclic) bond motifs is 4. The van der Waals surface area contributed by atoms with Gasteiger partial charge in [-0.1, -0.05) is 121 Å². The first-order chi connectivity index (χ1) is 25.2. The summed E-state index contributed by atoms with van der Waals surface area (Å²) < 4.78 is 1.85. The molecule has 250 valence electrons. The lowest BCUT2D eigenvalue weighted by atomic mass is 9.79. The number of imidazole rings is 1. The zero-order valence-corrected chi connectivity index (χ0v) is 28.7. The van der Waals surface area contributed by atoms with Crippen molar-refractivity contribution in [3.63, 3.8) is 0 Å². The lowest BCUT2D eigenvalue weighted by Crippen LogP contribution is -2.51. The van der Waals surface area contributed by atoms with Crippen molar-refractivity contribution in [2.24, 2.45) is 0 Å². The Morgan fingerprint density at radius 1 is 0.538 bits per heavy atom. The summed E-state index contributed by atoms with van der Waals surface area (Å²) in [5.41, 5.74) is 4.11. The number of rotatable bonds is 6. The minimum absolute atomic E-state index is 0.133. The molecule has 0 radical (unpaired) electrons. The summed E-state index contributed by atoms with van der Waals surface area (Å²) in [6.07, 6.45) is 1.82. The van der Waals surface area contributed by atoms with Crippen LogP contribution < -0.4 is 0 Å². The van der Waals surface area contributed by atoms with Crippen LogP contribution in [0.4, 0.5) is 0 Å². The van der Waals surface area contributed by atoms with Crippen LogP contribution in [0, 0.1) is 0 Å². The molecule has 9 rings (SSSR count). The van der Waals surface area contributed by atoms with Crippen molar-refractivity contribution in [2.45, 2.75) is 18.2 Å². The van der Waals surface area contributed by atoms with Crippen LogP contribution in [0.5, 0.6) is 0 Å². The van der Waals surface area contributed by atoms with Gasteiger partial charge in [0.15, 0.2) is 25.0 Å². The first-order valence-corrected chi connectivity index (χ1v) is 17.4. The van der Waals surface area contributed by atoms with Gasteiger partial charge in [-0.2, -0.15) is 0 Å². The van der Waals surface area contributed by atoms with E-state index >= 15 is 0 Å². The molecule has 7 aromatic carbocycles. The molecule has 0 fully saturated rings. The van der Waals surface area contributed by atoms with Crippen molar-refractivity contribution in [3.8, 4) is 39.2 Å². The van der Waals surface area contributed by atoms with Crippen LogP contribution in [0.1, 0.15) is 12.7 Å². The highest BCUT2D eigenvalue weighted by molar-refractivity contribution is 6.24. The standard InChI is InChI=1S/C45H34BN3O3/c1-44(50,45(46,51)52)43-48-38-19-8-9-20-40(38)49(43)39-26-25-36(30-12-2-3-13-31(30)39)42-34-16-6-4-14-32(34)41(33-15-5-7-17-35(33)42)29-23-21-28(22-24-29)37-18-10-11-27-47-37/h2-27,50-52H,46H2,1H3. The number of aromatic nitrogens is 3. The van der Waals surface area contributed by atoms with Gasteiger partial charge in [0.2, 0.25) is 0 Å². The molecule has 0 saturated carbocycles. The molecule has 3 N–H and O–H groups in total. The topological polar surface area (TPSA) is 91.4 Å². The van der Waals surface area contributed by atoms with Crippen molar-refractivity contribution in [1.82, 2.24) is 14.5 Å². The van der Waals surface area contributed by atoms with E-state index in [-0.39, 0.29) is 5.82 Å². The van der Waals surface area contributed by atoms with Gasteiger partial charge in [0, 0.05) is 17.1 Å². The quantitative estimate of drug-likeness (QED) is 0.0937. The van der Waals surface area contributed by atoms with E-state index in [9.17, 15) is 15.3 Å². The van der Waals surface area contributed by atoms with Gasteiger partial charge >= 0.3 is 0 Å². The molecule has 0 spiro atoms. The van der Waals surface area contributed by atoms with Crippen LogP contribution in [0.2, 0.25) is 0 Å². The monoisotopic (exact) mass is 675 g/mol. The number of aliphatic hydroxyl groups is 3. The molecule has 0 saturated heterocycles. The predicted molar refractivity (Wildman–Crippen MR) is 213 cm³/mol. The zero-order valence-electron chi connectivity index (χ0n) is 28.7. The van der Waals surface area contributed by atoms with Crippen molar-refractivity contribution in [3.05, 3.63) is 164 Å². The minimum Gasteiger partial charge on any atom is -0.378 e. The molecule has 1 unspecified atom stereocenters. The van der Waals surface area contributed by atoms with Gasteiger partial charge in [-0.05, 0) is 86.4 Å². The highest BCUT2D eigenvalue weighted by Crippen LogP contribution is 2.46. The number of pyridine rings is 1. The highest BCUT2D eigenvalue weighted by Gasteiger charge is 2.45. The third kappa shape index (κ3) is 4.93. The van der Waals surface area contributed by atoms with E-state index in [1.54, 1.807) is 0 Å². The fourth-order valence-corrected chi connectivity index (χ4v) is 7.58. The number of hydrogen-bond donors (Lipinski definition) is 3. The van der Waals surface area contributed by atoms with Gasteiger partial charge < -0.3 is 15.3 Å². The Morgan fingerprint density at radius 2 is 1.08 bits per heavy atom. The molecule has 0 amide bonds. The summed E-state index contributed by atoms with van der Waals surface area (Å²) in [7, 11) is 1.17. The summed E-state index contributed by atoms with van der Waals surface area (Å²) in [6.45, 7) is 1.38. The third-order valence-electron chi connectivity index (χ3n) is 10.4. The van der Waals surface area contributed by atoms with Crippen molar-refractivity contribution in [1.29, 1.82) is 0 Å². The largest absolute Gasteiger partial charge is 0.378 e. The van der Waals surface area contributed by atoms with E-state index in [0.29, 0.717) is 5.52 Å². The Hall–Kier alpha value is -6.12. The van der Waals surface area contributed by atoms with Crippen LogP contribution >= 0.6 is 0 Å². The summed E-state index contributed by atoms with van der Waals surface area (Å²) in [5.74, 6) is 0.133. The molecule has 0 bridgehead atoms. The summed E-state index contributed by atoms with van der Waals surface area (Å²) in [4.78, 5) is 9.29. The summed E-state index contributed by atoms with van der Waals surface area (Å²) in [5, 5.41) is 39.6. The molecule has 0 aliphatic rings. The van der Waals surface area contributed by atoms with E-state index in [0.717, 1.165) is 71.5 Å². The smallest absolute Gasteiger partial charge is 0.182 e. The number of para-hydroxylation sites is 2. The molecular weight excluding hydrogens is 641 g/mol. The average Bonchev–Trinajstić information content (AvgIpc) is 3.57. The van der Waals surface area contributed by atoms with Crippen LogP contribution in [0.3, 0.4) is 0 Å². The first-order valence-electron chi connectivity index (χ1n) is 17.4. The van der Waals surface area contributed by atoms with Gasteiger partial charge in [-0.25, -0.2) is 4.98 Å². The maximum atomic E-state index is 11.6. The number of nitrogens with zero attached hydrogens (tertiary/aromatic N) is 3. The van der Waals surface area contributed by atoms with Gasteiger partial charge in [0.25, 0.3) is 0 Å². The fourth-order valence-electron chi connectivity index (χ4n) is 7.58. The van der Waals surface area contributed by atoms with E-state index in [1.165, 1.54) is 20.3 Å². The normalized spacial score (nSPS) is 13.2. The third-order valence-corrected chi connectivity index (χ3v) is 10.4. The zero-order chi connectivity index (χ0) is 35.6. The maximum Gasteiger partial charge on any atom is 0.182 e. The molecule has 1 atom stereocenters. The van der Waals surface area contributed by atoms with Gasteiger partial charge in [-0.3, -0.25) is 9.55 Å². The number of hydrogen-bond acceptors (Lipinski definition) is 5. The molecule has 7 heteroatoms. The van der Waals surface area contributed by atoms with Gasteiger partial charge in [-0.15, -0.1) is 0 Å². The molecule has 6 nitrogen and oxygen atoms in total. The Morgan fingerprint density at radius 3 is 1.69 bits per heavy atom. The van der Waals surface area contributed by atoms with E-state index < -0.39 is 11.3 Å². The molecular formula is C45H34BN3O3. The second-order valence-electron chi connectivity index (χ2n) is 13.7. The fraction of sp³-hybridized carbons (Fsp3) is 0.0667. The molecule has 2 aromatic heterocycles. The highest BCUT2D eigenvalue weighted by atomic mass is 16.5. The summed E-state index contributed by atoms with van der Waals surface area (Å²) in [6, 6.07) is 51.8. The van der Waals surface area contributed by atoms with Crippen LogP contribution in [-0.2, 0) is 5.60 Å². The molecule has 9 aromatic rings. The average molecular weight is 676 g/mol. The van der Waals surface area contributed by atoms with Gasteiger partial charge in [0.1, 0.15) is 0 Å². The Kier molecular flexibility index (Phi) is 7.35. The molecule has 2 heterocycles. The Balaban J connectivity index is 1.31. The Bertz CT molecular complexity index is 2750.